The fourth-order valence-corrected chi connectivity index (χ4v) is 6.39. The third-order valence-corrected chi connectivity index (χ3v) is 8.11. The summed E-state index contributed by atoms with van der Waals surface area (Å²) >= 11 is 0. The van der Waals surface area contributed by atoms with Gasteiger partial charge in [0.1, 0.15) is 4.90 Å². The fourth-order valence-electron chi connectivity index (χ4n) is 4.67. The van der Waals surface area contributed by atoms with Crippen molar-refractivity contribution < 1.29 is 8.42 Å². The monoisotopic (exact) mass is 374 g/mol. The number of fused-ring (bicyclic) bond motifs is 1. The average Bonchev–Trinajstić information content (AvgIpc) is 3.22. The van der Waals surface area contributed by atoms with Crippen molar-refractivity contribution in [1.29, 1.82) is 0 Å². The van der Waals surface area contributed by atoms with Crippen LogP contribution in [0.3, 0.4) is 0 Å². The van der Waals surface area contributed by atoms with E-state index in [1.165, 1.54) is 17.3 Å². The van der Waals surface area contributed by atoms with Crippen LogP contribution in [0.1, 0.15) is 22.9 Å². The van der Waals surface area contributed by atoms with E-state index < -0.39 is 10.0 Å². The summed E-state index contributed by atoms with van der Waals surface area (Å²) in [4.78, 5) is 2.72. The van der Waals surface area contributed by atoms with Crippen LogP contribution in [0, 0.1) is 25.7 Å². The minimum atomic E-state index is -3.49. The Hall–Kier alpha value is -1.70. The van der Waals surface area contributed by atoms with Gasteiger partial charge in [0.25, 0.3) is 0 Å². The molecule has 2 fully saturated rings. The molecule has 0 spiro atoms. The van der Waals surface area contributed by atoms with Gasteiger partial charge in [0.2, 0.25) is 10.0 Å². The van der Waals surface area contributed by atoms with Crippen LogP contribution in [-0.2, 0) is 17.1 Å². The van der Waals surface area contributed by atoms with Gasteiger partial charge in [-0.3, -0.25) is 9.58 Å². The summed E-state index contributed by atoms with van der Waals surface area (Å²) in [6, 6.07) is 8.73. The number of rotatable bonds is 3. The minimum Gasteiger partial charge on any atom is -0.299 e. The topological polar surface area (TPSA) is 58.4 Å². The zero-order chi connectivity index (χ0) is 18.6. The quantitative estimate of drug-likeness (QED) is 0.824. The summed E-state index contributed by atoms with van der Waals surface area (Å²) in [5, 5.41) is 4.11. The molecule has 0 N–H and O–H groups in total. The molecule has 0 saturated carbocycles. The van der Waals surface area contributed by atoms with Crippen molar-refractivity contribution in [3.05, 3.63) is 47.3 Å². The molecule has 2 saturated heterocycles. The molecule has 3 atom stereocenters. The Bertz CT molecular complexity index is 937. The first kappa shape index (κ1) is 17.7. The van der Waals surface area contributed by atoms with Gasteiger partial charge in [-0.05, 0) is 43.9 Å². The summed E-state index contributed by atoms with van der Waals surface area (Å²) < 4.78 is 29.6. The zero-order valence-corrected chi connectivity index (χ0v) is 16.6. The molecule has 3 heterocycles. The van der Waals surface area contributed by atoms with Crippen LogP contribution in [0.4, 0.5) is 0 Å². The number of aryl methyl sites for hydroxylation is 2. The van der Waals surface area contributed by atoms with Gasteiger partial charge in [0.05, 0.1) is 11.9 Å². The van der Waals surface area contributed by atoms with Crippen molar-refractivity contribution in [3.63, 3.8) is 0 Å². The predicted octanol–water partition coefficient (Wildman–Crippen LogP) is 1.96. The summed E-state index contributed by atoms with van der Waals surface area (Å²) in [5.41, 5.74) is 3.28. The van der Waals surface area contributed by atoms with E-state index in [1.807, 2.05) is 0 Å². The molecule has 7 heteroatoms. The molecule has 2 aliphatic heterocycles. The highest BCUT2D eigenvalue weighted by molar-refractivity contribution is 7.89. The Morgan fingerprint density at radius 1 is 1.08 bits per heavy atom. The second-order valence-electron chi connectivity index (χ2n) is 7.70. The van der Waals surface area contributed by atoms with Gasteiger partial charge in [-0.15, -0.1) is 0 Å². The molecule has 1 aromatic heterocycles. The predicted molar refractivity (Wildman–Crippen MR) is 100 cm³/mol. The molecular weight excluding hydrogens is 348 g/mol. The first-order valence-electron chi connectivity index (χ1n) is 9.05. The molecule has 2 aromatic rings. The van der Waals surface area contributed by atoms with Crippen molar-refractivity contribution in [1.82, 2.24) is 19.0 Å². The maximum absolute atomic E-state index is 13.2. The van der Waals surface area contributed by atoms with E-state index in [9.17, 15) is 8.42 Å². The number of sulfonamides is 1. The van der Waals surface area contributed by atoms with Gasteiger partial charge in [-0.2, -0.15) is 9.40 Å². The Labute approximate surface area is 155 Å². The lowest BCUT2D eigenvalue weighted by molar-refractivity contribution is 0.260. The molecule has 26 heavy (non-hydrogen) atoms. The molecule has 0 unspecified atom stereocenters. The Balaban J connectivity index is 1.64. The molecule has 0 bridgehead atoms. The van der Waals surface area contributed by atoms with Crippen LogP contribution >= 0.6 is 0 Å². The van der Waals surface area contributed by atoms with Crippen LogP contribution in [0.5, 0.6) is 0 Å². The van der Waals surface area contributed by atoms with Crippen molar-refractivity contribution in [2.45, 2.75) is 24.8 Å². The minimum absolute atomic E-state index is 0.274. The first-order valence-corrected chi connectivity index (χ1v) is 10.5. The van der Waals surface area contributed by atoms with Gasteiger partial charge in [-0.1, -0.05) is 24.3 Å². The molecule has 0 amide bonds. The highest BCUT2D eigenvalue weighted by Crippen LogP contribution is 2.46. The number of aromatic nitrogens is 2. The number of nitrogens with zero attached hydrogens (tertiary/aromatic N) is 4. The standard InChI is InChI=1S/C19H26N4O2S/c1-13-7-5-6-8-16(13)19-17-12-23(11-15(17)10-21(19)3)26(24,25)18-9-20-22(4)14(18)2/h5-9,15,17,19H,10-12H2,1-4H3/t15-,17+,19-/m0/s1. The second kappa shape index (κ2) is 6.18. The molecule has 1 aromatic carbocycles. The molecule has 0 aliphatic carbocycles. The first-order chi connectivity index (χ1) is 12.3. The third kappa shape index (κ3) is 2.61. The third-order valence-electron chi connectivity index (χ3n) is 6.18. The number of benzene rings is 1. The highest BCUT2D eigenvalue weighted by atomic mass is 32.2. The maximum Gasteiger partial charge on any atom is 0.246 e. The van der Waals surface area contributed by atoms with E-state index in [0.29, 0.717) is 35.5 Å². The van der Waals surface area contributed by atoms with Crippen LogP contribution in [-0.4, -0.2) is 54.1 Å². The lowest BCUT2D eigenvalue weighted by atomic mass is 9.88. The smallest absolute Gasteiger partial charge is 0.246 e. The van der Waals surface area contributed by atoms with Crippen LogP contribution in [0.25, 0.3) is 0 Å². The SMILES string of the molecule is Cc1ccccc1[C@H]1[C@@H]2CN(S(=O)(=O)c3cnn(C)c3C)C[C@@H]2CN1C. The van der Waals surface area contributed by atoms with Gasteiger partial charge in [0, 0.05) is 32.7 Å². The number of likely N-dealkylation sites (tertiary alicyclic amines) is 1. The molecule has 4 rings (SSSR count). The Morgan fingerprint density at radius 3 is 2.46 bits per heavy atom. The van der Waals surface area contributed by atoms with Gasteiger partial charge in [-0.25, -0.2) is 8.42 Å². The van der Waals surface area contributed by atoms with E-state index in [4.69, 9.17) is 0 Å². The van der Waals surface area contributed by atoms with Gasteiger partial charge >= 0.3 is 0 Å². The van der Waals surface area contributed by atoms with E-state index in [-0.39, 0.29) is 6.04 Å². The van der Waals surface area contributed by atoms with E-state index in [0.717, 1.165) is 6.54 Å². The molecule has 2 aliphatic rings. The van der Waals surface area contributed by atoms with Crippen molar-refractivity contribution in [2.75, 3.05) is 26.7 Å². The summed E-state index contributed by atoms with van der Waals surface area (Å²) in [5.74, 6) is 0.698. The molecular formula is C19H26N4O2S. The van der Waals surface area contributed by atoms with Crippen LogP contribution in [0.2, 0.25) is 0 Å². The summed E-state index contributed by atoms with van der Waals surface area (Å²) in [6.07, 6.45) is 1.48. The number of hydrogen-bond acceptors (Lipinski definition) is 4. The second-order valence-corrected chi connectivity index (χ2v) is 9.61. The summed E-state index contributed by atoms with van der Waals surface area (Å²) in [7, 11) is 0.434. The normalized spacial score (nSPS) is 27.2. The lowest BCUT2D eigenvalue weighted by Gasteiger charge is -2.27. The highest BCUT2D eigenvalue weighted by Gasteiger charge is 2.49. The van der Waals surface area contributed by atoms with Crippen molar-refractivity contribution in [3.8, 4) is 0 Å². The Kier molecular flexibility index (Phi) is 4.21. The summed E-state index contributed by atoms with van der Waals surface area (Å²) in [6.45, 7) is 6.04. The number of hydrogen-bond donors (Lipinski definition) is 0. The average molecular weight is 375 g/mol. The van der Waals surface area contributed by atoms with E-state index >= 15 is 0 Å². The van der Waals surface area contributed by atoms with Crippen molar-refractivity contribution >= 4 is 10.0 Å². The molecule has 6 nitrogen and oxygen atoms in total. The van der Waals surface area contributed by atoms with E-state index in [2.05, 4.69) is 48.2 Å². The lowest BCUT2D eigenvalue weighted by Crippen LogP contribution is -2.33. The van der Waals surface area contributed by atoms with Gasteiger partial charge in [0.15, 0.2) is 0 Å². The van der Waals surface area contributed by atoms with Crippen molar-refractivity contribution in [2.24, 2.45) is 18.9 Å². The maximum atomic E-state index is 13.2. The Morgan fingerprint density at radius 2 is 1.81 bits per heavy atom. The van der Waals surface area contributed by atoms with Gasteiger partial charge < -0.3 is 0 Å². The van der Waals surface area contributed by atoms with Crippen LogP contribution in [0.15, 0.2) is 35.4 Å². The largest absolute Gasteiger partial charge is 0.299 e. The molecule has 0 radical (unpaired) electrons. The van der Waals surface area contributed by atoms with E-state index in [1.54, 1.807) is 23.0 Å². The molecule has 140 valence electrons. The zero-order valence-electron chi connectivity index (χ0n) is 15.8. The fraction of sp³-hybridized carbons (Fsp3) is 0.526. The van der Waals surface area contributed by atoms with Crippen LogP contribution < -0.4 is 0 Å².